The van der Waals surface area contributed by atoms with E-state index in [2.05, 4.69) is 10.1 Å². The number of aliphatic hydroxyl groups is 1. The van der Waals surface area contributed by atoms with Crippen molar-refractivity contribution in [1.82, 2.24) is 15.0 Å². The summed E-state index contributed by atoms with van der Waals surface area (Å²) >= 11 is 0. The molecule has 128 valence electrons. The van der Waals surface area contributed by atoms with Crippen molar-refractivity contribution in [3.63, 3.8) is 0 Å². The van der Waals surface area contributed by atoms with Crippen molar-refractivity contribution in [3.05, 3.63) is 53.4 Å². The van der Waals surface area contributed by atoms with Crippen LogP contribution in [0.1, 0.15) is 29.5 Å². The molecule has 0 radical (unpaired) electrons. The smallest absolute Gasteiger partial charge is 0.225 e. The maximum atomic E-state index is 12.4. The molecule has 1 amide bonds. The van der Waals surface area contributed by atoms with E-state index >= 15 is 0 Å². The van der Waals surface area contributed by atoms with Gasteiger partial charge in [-0.2, -0.15) is 0 Å². The van der Waals surface area contributed by atoms with E-state index < -0.39 is 6.10 Å². The molecule has 0 bridgehead atoms. The van der Waals surface area contributed by atoms with Crippen molar-refractivity contribution in [1.29, 1.82) is 0 Å². The molecule has 1 atom stereocenters. The summed E-state index contributed by atoms with van der Waals surface area (Å²) in [6, 6.07) is 11.3. The average Bonchev–Trinajstić information content (AvgIpc) is 3.01. The van der Waals surface area contributed by atoms with Gasteiger partial charge in [-0.25, -0.2) is 0 Å². The molecule has 1 aliphatic rings. The van der Waals surface area contributed by atoms with Crippen LogP contribution >= 0.6 is 0 Å². The average molecular weight is 329 g/mol. The lowest BCUT2D eigenvalue weighted by atomic mass is 10.1. The van der Waals surface area contributed by atoms with Crippen LogP contribution in [0.5, 0.6) is 0 Å². The van der Waals surface area contributed by atoms with E-state index in [9.17, 15) is 9.90 Å². The fraction of sp³-hybridized carbons (Fsp3) is 0.444. The molecule has 6 heteroatoms. The Labute approximate surface area is 141 Å². The summed E-state index contributed by atoms with van der Waals surface area (Å²) in [7, 11) is 0. The number of aromatic nitrogens is 1. The van der Waals surface area contributed by atoms with E-state index in [0.717, 1.165) is 36.7 Å². The SMILES string of the molecule is Cc1cc(CN2CCN(C(=O)CC(O)c3ccccc3)CC2)on1. The Bertz CT molecular complexity index is 663. The number of amides is 1. The summed E-state index contributed by atoms with van der Waals surface area (Å²) < 4.78 is 5.24. The van der Waals surface area contributed by atoms with E-state index in [-0.39, 0.29) is 12.3 Å². The number of piperazine rings is 1. The number of carbonyl (C=O) groups excluding carboxylic acids is 1. The van der Waals surface area contributed by atoms with Gasteiger partial charge >= 0.3 is 0 Å². The first kappa shape index (κ1) is 16.7. The summed E-state index contributed by atoms with van der Waals surface area (Å²) in [6.07, 6.45) is -0.611. The van der Waals surface area contributed by atoms with Crippen LogP contribution in [0.3, 0.4) is 0 Å². The van der Waals surface area contributed by atoms with Gasteiger partial charge in [0.05, 0.1) is 24.8 Å². The highest BCUT2D eigenvalue weighted by molar-refractivity contribution is 5.77. The molecular weight excluding hydrogens is 306 g/mol. The van der Waals surface area contributed by atoms with Crippen LogP contribution < -0.4 is 0 Å². The third kappa shape index (κ3) is 4.21. The van der Waals surface area contributed by atoms with Gasteiger partial charge in [0.1, 0.15) is 0 Å². The number of benzene rings is 1. The molecule has 1 fully saturated rings. The topological polar surface area (TPSA) is 69.8 Å². The zero-order chi connectivity index (χ0) is 16.9. The molecule has 6 nitrogen and oxygen atoms in total. The van der Waals surface area contributed by atoms with Gasteiger partial charge in [-0.1, -0.05) is 35.5 Å². The van der Waals surface area contributed by atoms with E-state index in [0.29, 0.717) is 13.1 Å². The van der Waals surface area contributed by atoms with Gasteiger partial charge < -0.3 is 14.5 Å². The normalized spacial score (nSPS) is 17.0. The van der Waals surface area contributed by atoms with Crippen LogP contribution in [0.15, 0.2) is 40.9 Å². The third-order valence-corrected chi connectivity index (χ3v) is 4.33. The highest BCUT2D eigenvalue weighted by Gasteiger charge is 2.24. The molecule has 2 aromatic rings. The second-order valence-electron chi connectivity index (χ2n) is 6.22. The summed E-state index contributed by atoms with van der Waals surface area (Å²) in [4.78, 5) is 16.4. The predicted molar refractivity (Wildman–Crippen MR) is 89.1 cm³/mol. The Morgan fingerprint density at radius 3 is 2.58 bits per heavy atom. The Kier molecular flexibility index (Phi) is 5.27. The lowest BCUT2D eigenvalue weighted by molar-refractivity contribution is -0.135. The molecule has 0 saturated carbocycles. The molecule has 1 aromatic heterocycles. The number of aliphatic hydroxyl groups excluding tert-OH is 1. The Morgan fingerprint density at radius 2 is 1.96 bits per heavy atom. The molecule has 1 aromatic carbocycles. The highest BCUT2D eigenvalue weighted by atomic mass is 16.5. The van der Waals surface area contributed by atoms with Gasteiger partial charge in [-0.05, 0) is 12.5 Å². The first-order valence-corrected chi connectivity index (χ1v) is 8.27. The van der Waals surface area contributed by atoms with Gasteiger partial charge in [0.2, 0.25) is 5.91 Å². The molecule has 1 aliphatic heterocycles. The molecule has 0 aliphatic carbocycles. The summed E-state index contributed by atoms with van der Waals surface area (Å²) in [5.74, 6) is 0.855. The van der Waals surface area contributed by atoms with E-state index in [1.165, 1.54) is 0 Å². The minimum Gasteiger partial charge on any atom is -0.388 e. The first-order valence-electron chi connectivity index (χ1n) is 8.27. The maximum absolute atomic E-state index is 12.4. The van der Waals surface area contributed by atoms with Gasteiger partial charge in [0, 0.05) is 32.2 Å². The van der Waals surface area contributed by atoms with Gasteiger partial charge in [-0.3, -0.25) is 9.69 Å². The summed E-state index contributed by atoms with van der Waals surface area (Å²) in [5, 5.41) is 14.1. The van der Waals surface area contributed by atoms with Gasteiger partial charge in [0.15, 0.2) is 5.76 Å². The van der Waals surface area contributed by atoms with Crippen molar-refractivity contribution in [2.75, 3.05) is 26.2 Å². The first-order chi connectivity index (χ1) is 11.6. The number of aryl methyl sites for hydroxylation is 1. The number of nitrogens with zero attached hydrogens (tertiary/aromatic N) is 3. The van der Waals surface area contributed by atoms with Crippen LogP contribution in [0.4, 0.5) is 0 Å². The molecule has 1 unspecified atom stereocenters. The minimum absolute atomic E-state index is 0.00140. The predicted octanol–water partition coefficient (Wildman–Crippen LogP) is 1.75. The van der Waals surface area contributed by atoms with Gasteiger partial charge in [-0.15, -0.1) is 0 Å². The molecular formula is C18H23N3O3. The van der Waals surface area contributed by atoms with E-state index in [4.69, 9.17) is 4.52 Å². The van der Waals surface area contributed by atoms with Crippen LogP contribution in [-0.4, -0.2) is 52.1 Å². The monoisotopic (exact) mass is 329 g/mol. The molecule has 1 N–H and O–H groups in total. The number of hydrogen-bond acceptors (Lipinski definition) is 5. The van der Waals surface area contributed by atoms with Crippen LogP contribution in [0, 0.1) is 6.92 Å². The Morgan fingerprint density at radius 1 is 1.25 bits per heavy atom. The molecule has 0 spiro atoms. The maximum Gasteiger partial charge on any atom is 0.225 e. The third-order valence-electron chi connectivity index (χ3n) is 4.33. The largest absolute Gasteiger partial charge is 0.388 e. The second kappa shape index (κ2) is 7.59. The van der Waals surface area contributed by atoms with Crippen molar-refractivity contribution in [3.8, 4) is 0 Å². The lowest BCUT2D eigenvalue weighted by Crippen LogP contribution is -2.48. The fourth-order valence-corrected chi connectivity index (χ4v) is 2.95. The van der Waals surface area contributed by atoms with Crippen molar-refractivity contribution < 1.29 is 14.4 Å². The second-order valence-corrected chi connectivity index (χ2v) is 6.22. The van der Waals surface area contributed by atoms with Crippen LogP contribution in [0.2, 0.25) is 0 Å². The van der Waals surface area contributed by atoms with E-state index in [1.54, 1.807) is 0 Å². The minimum atomic E-state index is -0.742. The zero-order valence-corrected chi connectivity index (χ0v) is 13.9. The van der Waals surface area contributed by atoms with Crippen LogP contribution in [-0.2, 0) is 11.3 Å². The van der Waals surface area contributed by atoms with Crippen molar-refractivity contribution in [2.45, 2.75) is 26.0 Å². The number of rotatable bonds is 5. The quantitative estimate of drug-likeness (QED) is 0.905. The fourth-order valence-electron chi connectivity index (χ4n) is 2.95. The molecule has 24 heavy (non-hydrogen) atoms. The standard InChI is InChI=1S/C18H23N3O3/c1-14-11-16(24-19-14)13-20-7-9-21(10-8-20)18(23)12-17(22)15-5-3-2-4-6-15/h2-6,11,17,22H,7-10,12-13H2,1H3. The summed E-state index contributed by atoms with van der Waals surface area (Å²) in [5.41, 5.74) is 1.67. The Hall–Kier alpha value is -2.18. The lowest BCUT2D eigenvalue weighted by Gasteiger charge is -2.34. The summed E-state index contributed by atoms with van der Waals surface area (Å²) in [6.45, 7) is 5.57. The van der Waals surface area contributed by atoms with E-state index in [1.807, 2.05) is 48.2 Å². The highest BCUT2D eigenvalue weighted by Crippen LogP contribution is 2.18. The molecule has 1 saturated heterocycles. The molecule has 2 heterocycles. The zero-order valence-electron chi connectivity index (χ0n) is 13.9. The number of hydrogen-bond donors (Lipinski definition) is 1. The van der Waals surface area contributed by atoms with Crippen molar-refractivity contribution >= 4 is 5.91 Å². The van der Waals surface area contributed by atoms with Gasteiger partial charge in [0.25, 0.3) is 0 Å². The van der Waals surface area contributed by atoms with Crippen molar-refractivity contribution in [2.24, 2.45) is 0 Å². The Balaban J connectivity index is 1.46. The molecule has 3 rings (SSSR count). The number of carbonyl (C=O) groups is 1. The van der Waals surface area contributed by atoms with Crippen LogP contribution in [0.25, 0.3) is 0 Å².